The van der Waals surface area contributed by atoms with E-state index in [1.54, 1.807) is 5.57 Å². The van der Waals surface area contributed by atoms with Gasteiger partial charge in [0.15, 0.2) is 0 Å². The Kier molecular flexibility index (Phi) is 2.92. The number of likely N-dealkylation sites (N-methyl/N-ethyl adjacent to an activating group) is 1. The Morgan fingerprint density at radius 2 is 2.10 bits per heavy atom. The SMILES string of the molecule is C[C@H]1CN(C)[C@@H]2Cc3c(Br)[nH]c4ccc(Br)c(c34)C=C21. The molecule has 2 nitrogen and oxygen atoms in total. The summed E-state index contributed by atoms with van der Waals surface area (Å²) >= 11 is 7.45. The summed E-state index contributed by atoms with van der Waals surface area (Å²) in [5, 5.41) is 1.37. The highest BCUT2D eigenvalue weighted by Crippen LogP contribution is 2.42. The third-order valence-corrected chi connectivity index (χ3v) is 6.13. The summed E-state index contributed by atoms with van der Waals surface area (Å²) in [5.74, 6) is 0.638. The molecule has 1 fully saturated rings. The lowest BCUT2D eigenvalue weighted by Crippen LogP contribution is -2.27. The van der Waals surface area contributed by atoms with Crippen LogP contribution >= 0.6 is 31.9 Å². The highest BCUT2D eigenvalue weighted by atomic mass is 79.9. The zero-order chi connectivity index (χ0) is 14.0. The van der Waals surface area contributed by atoms with Crippen LogP contribution in [0, 0.1) is 5.92 Å². The second kappa shape index (κ2) is 4.46. The Morgan fingerprint density at radius 3 is 2.90 bits per heavy atom. The van der Waals surface area contributed by atoms with Gasteiger partial charge < -0.3 is 4.98 Å². The van der Waals surface area contributed by atoms with Gasteiger partial charge >= 0.3 is 0 Å². The Hall–Kier alpha value is -0.580. The van der Waals surface area contributed by atoms with Crippen LogP contribution in [0.2, 0.25) is 0 Å². The predicted octanol–water partition coefficient (Wildman–Crippen LogP) is 4.58. The zero-order valence-corrected chi connectivity index (χ0v) is 14.7. The third kappa shape index (κ3) is 1.71. The van der Waals surface area contributed by atoms with Crippen LogP contribution in [0.5, 0.6) is 0 Å². The minimum Gasteiger partial charge on any atom is -0.349 e. The normalized spacial score (nSPS) is 25.7. The molecule has 0 saturated carbocycles. The molecule has 2 heterocycles. The van der Waals surface area contributed by atoms with Gasteiger partial charge in [0.2, 0.25) is 0 Å². The maximum atomic E-state index is 3.73. The molecule has 104 valence electrons. The second-order valence-corrected chi connectivity index (χ2v) is 7.65. The average molecular weight is 396 g/mol. The highest BCUT2D eigenvalue weighted by molar-refractivity contribution is 9.10. The summed E-state index contributed by atoms with van der Waals surface area (Å²) in [6, 6.07) is 4.83. The highest BCUT2D eigenvalue weighted by Gasteiger charge is 2.35. The lowest BCUT2D eigenvalue weighted by molar-refractivity contribution is 0.320. The number of likely N-dealkylation sites (tertiary alicyclic amines) is 1. The van der Waals surface area contributed by atoms with Crippen molar-refractivity contribution in [2.45, 2.75) is 19.4 Å². The van der Waals surface area contributed by atoms with E-state index in [1.807, 2.05) is 0 Å². The van der Waals surface area contributed by atoms with Crippen molar-refractivity contribution in [3.05, 3.63) is 37.9 Å². The van der Waals surface area contributed by atoms with E-state index in [-0.39, 0.29) is 0 Å². The molecule has 4 heteroatoms. The number of rotatable bonds is 0. The molecule has 1 saturated heterocycles. The summed E-state index contributed by atoms with van der Waals surface area (Å²) in [6.45, 7) is 3.50. The Morgan fingerprint density at radius 1 is 1.30 bits per heavy atom. The molecular weight excluding hydrogens is 380 g/mol. The molecular formula is C16H16Br2N2. The molecule has 2 atom stereocenters. The van der Waals surface area contributed by atoms with Gasteiger partial charge in [-0.15, -0.1) is 0 Å². The molecule has 0 spiro atoms. The first kappa shape index (κ1) is 13.1. The number of halogens is 2. The molecule has 1 N–H and O–H groups in total. The predicted molar refractivity (Wildman–Crippen MR) is 91.0 cm³/mol. The van der Waals surface area contributed by atoms with E-state index in [0.717, 1.165) is 17.6 Å². The van der Waals surface area contributed by atoms with Crippen LogP contribution in [0.15, 0.2) is 26.8 Å². The number of nitrogens with zero attached hydrogens (tertiary/aromatic N) is 1. The lowest BCUT2D eigenvalue weighted by atomic mass is 9.96. The molecule has 1 aliphatic carbocycles. The fourth-order valence-corrected chi connectivity index (χ4v) is 4.80. The maximum absolute atomic E-state index is 3.73. The molecule has 0 amide bonds. The van der Waals surface area contributed by atoms with Gasteiger partial charge in [-0.1, -0.05) is 28.9 Å². The van der Waals surface area contributed by atoms with Crippen molar-refractivity contribution in [3.8, 4) is 0 Å². The van der Waals surface area contributed by atoms with E-state index in [4.69, 9.17) is 0 Å². The molecule has 1 aliphatic heterocycles. The number of aromatic amines is 1. The van der Waals surface area contributed by atoms with Crippen molar-refractivity contribution < 1.29 is 0 Å². The van der Waals surface area contributed by atoms with Gasteiger partial charge in [-0.3, -0.25) is 4.90 Å². The molecule has 4 rings (SSSR count). The summed E-state index contributed by atoms with van der Waals surface area (Å²) in [7, 11) is 2.24. The number of nitrogens with one attached hydrogen (secondary N) is 1. The summed E-state index contributed by atoms with van der Waals surface area (Å²) in [4.78, 5) is 5.96. The third-order valence-electron chi connectivity index (χ3n) is 4.76. The molecule has 0 bridgehead atoms. The summed E-state index contributed by atoms with van der Waals surface area (Å²) in [5.41, 5.74) is 5.54. The summed E-state index contributed by atoms with van der Waals surface area (Å²) in [6.07, 6.45) is 3.50. The second-order valence-electron chi connectivity index (χ2n) is 6.01. The standard InChI is InChI=1S/C16H16Br2N2/c1-8-7-20(2)14-6-11-15-10(5-9(8)14)12(17)3-4-13(15)19-16(11)18/h3-5,8,14,19H,6-7H2,1-2H3/t8-,14+/m0/s1. The first-order valence-electron chi connectivity index (χ1n) is 6.96. The molecule has 0 radical (unpaired) electrons. The van der Waals surface area contributed by atoms with Crippen LogP contribution in [0.4, 0.5) is 0 Å². The van der Waals surface area contributed by atoms with Crippen molar-refractivity contribution >= 4 is 48.8 Å². The number of H-pyrrole nitrogens is 1. The van der Waals surface area contributed by atoms with Gasteiger partial charge in [-0.05, 0) is 64.1 Å². The van der Waals surface area contributed by atoms with Gasteiger partial charge in [-0.25, -0.2) is 0 Å². The molecule has 1 aromatic carbocycles. The Labute approximate surface area is 135 Å². The molecule has 2 aliphatic rings. The van der Waals surface area contributed by atoms with Gasteiger partial charge in [0.05, 0.1) is 4.60 Å². The first-order chi connectivity index (χ1) is 9.56. The zero-order valence-electron chi connectivity index (χ0n) is 11.5. The van der Waals surface area contributed by atoms with Crippen molar-refractivity contribution in [1.29, 1.82) is 0 Å². The van der Waals surface area contributed by atoms with E-state index >= 15 is 0 Å². The van der Waals surface area contributed by atoms with E-state index < -0.39 is 0 Å². The van der Waals surface area contributed by atoms with Gasteiger partial charge in [0.25, 0.3) is 0 Å². The number of fused-ring (bicyclic) bond motifs is 1. The summed E-state index contributed by atoms with van der Waals surface area (Å²) < 4.78 is 2.32. The number of hydrogen-bond acceptors (Lipinski definition) is 1. The van der Waals surface area contributed by atoms with Gasteiger partial charge in [0, 0.05) is 28.0 Å². The molecule has 20 heavy (non-hydrogen) atoms. The van der Waals surface area contributed by atoms with E-state index in [0.29, 0.717) is 12.0 Å². The minimum absolute atomic E-state index is 0.527. The fourth-order valence-electron chi connectivity index (χ4n) is 3.78. The quantitative estimate of drug-likeness (QED) is 0.691. The van der Waals surface area contributed by atoms with Crippen LogP contribution in [0.25, 0.3) is 17.0 Å². The lowest BCUT2D eigenvalue weighted by Gasteiger charge is -2.19. The number of benzene rings is 1. The van der Waals surface area contributed by atoms with E-state index in [2.05, 4.69) is 73.9 Å². The first-order valence-corrected chi connectivity index (χ1v) is 8.55. The maximum Gasteiger partial charge on any atom is 0.0864 e. The van der Waals surface area contributed by atoms with E-state index in [9.17, 15) is 0 Å². The van der Waals surface area contributed by atoms with Gasteiger partial charge in [0.1, 0.15) is 0 Å². The monoisotopic (exact) mass is 394 g/mol. The Bertz CT molecular complexity index is 745. The number of aromatic nitrogens is 1. The molecule has 1 aromatic heterocycles. The van der Waals surface area contributed by atoms with Crippen molar-refractivity contribution in [2.24, 2.45) is 5.92 Å². The smallest absolute Gasteiger partial charge is 0.0864 e. The van der Waals surface area contributed by atoms with Crippen LogP contribution < -0.4 is 0 Å². The van der Waals surface area contributed by atoms with Crippen molar-refractivity contribution in [1.82, 2.24) is 9.88 Å². The van der Waals surface area contributed by atoms with E-state index in [1.165, 1.54) is 26.5 Å². The largest absolute Gasteiger partial charge is 0.349 e. The minimum atomic E-state index is 0.527. The average Bonchev–Trinajstić information content (AvgIpc) is 2.77. The van der Waals surface area contributed by atoms with Gasteiger partial charge in [-0.2, -0.15) is 0 Å². The number of hydrogen-bond donors (Lipinski definition) is 1. The van der Waals surface area contributed by atoms with Crippen LogP contribution in [-0.4, -0.2) is 29.5 Å². The molecule has 2 aromatic rings. The topological polar surface area (TPSA) is 19.0 Å². The fraction of sp³-hybridized carbons (Fsp3) is 0.375. The van der Waals surface area contributed by atoms with Crippen LogP contribution in [-0.2, 0) is 6.42 Å². The van der Waals surface area contributed by atoms with Crippen LogP contribution in [0.3, 0.4) is 0 Å². The molecule has 0 unspecified atom stereocenters. The van der Waals surface area contributed by atoms with Crippen molar-refractivity contribution in [3.63, 3.8) is 0 Å². The van der Waals surface area contributed by atoms with Crippen molar-refractivity contribution in [2.75, 3.05) is 13.6 Å². The van der Waals surface area contributed by atoms with Crippen LogP contribution in [0.1, 0.15) is 18.1 Å². The Balaban J connectivity index is 2.07.